The van der Waals surface area contributed by atoms with Crippen LogP contribution < -0.4 is 0 Å². The van der Waals surface area contributed by atoms with Crippen LogP contribution >= 0.6 is 0 Å². The lowest BCUT2D eigenvalue weighted by Crippen LogP contribution is -2.46. The van der Waals surface area contributed by atoms with Gasteiger partial charge in [-0.3, -0.25) is 4.90 Å². The number of rotatable bonds is 4. The quantitative estimate of drug-likeness (QED) is 0.912. The number of hydrogen-bond donors (Lipinski definition) is 1. The van der Waals surface area contributed by atoms with Gasteiger partial charge in [0.2, 0.25) is 0 Å². The van der Waals surface area contributed by atoms with E-state index in [1.165, 1.54) is 6.07 Å². The van der Waals surface area contributed by atoms with Crippen LogP contribution in [0.25, 0.3) is 0 Å². The van der Waals surface area contributed by atoms with Crippen molar-refractivity contribution >= 4 is 0 Å². The Kier molecular flexibility index (Phi) is 5.17. The van der Waals surface area contributed by atoms with Gasteiger partial charge in [0.05, 0.1) is 6.10 Å². The Morgan fingerprint density at radius 3 is 2.65 bits per heavy atom. The molecule has 112 valence electrons. The third-order valence-electron chi connectivity index (χ3n) is 4.71. The number of benzene rings is 1. The molecule has 2 nitrogen and oxygen atoms in total. The molecule has 0 aromatic heterocycles. The monoisotopic (exact) mass is 279 g/mol. The van der Waals surface area contributed by atoms with Crippen molar-refractivity contribution in [3.05, 3.63) is 35.6 Å². The summed E-state index contributed by atoms with van der Waals surface area (Å²) < 4.78 is 13.7. The van der Waals surface area contributed by atoms with Crippen molar-refractivity contribution in [2.45, 2.75) is 51.8 Å². The zero-order valence-electron chi connectivity index (χ0n) is 12.7. The van der Waals surface area contributed by atoms with Crippen molar-refractivity contribution in [1.29, 1.82) is 0 Å². The van der Waals surface area contributed by atoms with E-state index < -0.39 is 0 Å². The minimum Gasteiger partial charge on any atom is -0.391 e. The van der Waals surface area contributed by atoms with Crippen LogP contribution in [0.4, 0.5) is 4.39 Å². The van der Waals surface area contributed by atoms with Crippen LogP contribution in [0.5, 0.6) is 0 Å². The summed E-state index contributed by atoms with van der Waals surface area (Å²) in [6.07, 6.45) is 2.67. The van der Waals surface area contributed by atoms with Gasteiger partial charge in [0.1, 0.15) is 5.82 Å². The fourth-order valence-corrected chi connectivity index (χ4v) is 3.25. The third kappa shape index (κ3) is 3.58. The minimum absolute atomic E-state index is 0.135. The maximum absolute atomic E-state index is 13.7. The van der Waals surface area contributed by atoms with Crippen LogP contribution in [0.3, 0.4) is 0 Å². The highest BCUT2D eigenvalue weighted by Gasteiger charge is 2.33. The van der Waals surface area contributed by atoms with E-state index in [0.717, 1.165) is 19.3 Å². The zero-order chi connectivity index (χ0) is 14.7. The predicted octanol–water partition coefficient (Wildman–Crippen LogP) is 3.44. The van der Waals surface area contributed by atoms with Gasteiger partial charge in [0.25, 0.3) is 0 Å². The molecule has 2 rings (SSSR count). The van der Waals surface area contributed by atoms with Crippen molar-refractivity contribution in [2.24, 2.45) is 11.8 Å². The van der Waals surface area contributed by atoms with Crippen LogP contribution in [-0.4, -0.2) is 29.2 Å². The molecule has 1 fully saturated rings. The first-order valence-corrected chi connectivity index (χ1v) is 7.60. The predicted molar refractivity (Wildman–Crippen MR) is 79.8 cm³/mol. The molecule has 0 radical (unpaired) electrons. The molecular formula is C17H26FNO. The molecule has 20 heavy (non-hydrogen) atoms. The van der Waals surface area contributed by atoms with E-state index >= 15 is 0 Å². The lowest BCUT2D eigenvalue weighted by atomic mass is 9.77. The fourth-order valence-electron chi connectivity index (χ4n) is 3.25. The van der Waals surface area contributed by atoms with E-state index in [0.29, 0.717) is 23.9 Å². The summed E-state index contributed by atoms with van der Waals surface area (Å²) in [5.41, 5.74) is 0.703. The number of halogens is 1. The Morgan fingerprint density at radius 1 is 1.30 bits per heavy atom. The molecule has 1 aliphatic carbocycles. The van der Waals surface area contributed by atoms with Gasteiger partial charge in [-0.15, -0.1) is 0 Å². The molecule has 0 bridgehead atoms. The molecule has 3 heteroatoms. The van der Waals surface area contributed by atoms with Crippen molar-refractivity contribution in [3.63, 3.8) is 0 Å². The summed E-state index contributed by atoms with van der Waals surface area (Å²) in [4.78, 5) is 2.11. The molecule has 0 amide bonds. The highest BCUT2D eigenvalue weighted by molar-refractivity contribution is 5.17. The Hall–Kier alpha value is -0.930. The zero-order valence-corrected chi connectivity index (χ0v) is 12.7. The van der Waals surface area contributed by atoms with Crippen LogP contribution in [-0.2, 0) is 6.54 Å². The molecule has 1 aromatic carbocycles. The lowest BCUT2D eigenvalue weighted by molar-refractivity contribution is 0.00281. The van der Waals surface area contributed by atoms with Gasteiger partial charge in [0, 0.05) is 18.2 Å². The fraction of sp³-hybridized carbons (Fsp3) is 0.647. The van der Waals surface area contributed by atoms with Gasteiger partial charge >= 0.3 is 0 Å². The van der Waals surface area contributed by atoms with Gasteiger partial charge < -0.3 is 5.11 Å². The summed E-state index contributed by atoms with van der Waals surface area (Å²) in [6, 6.07) is 7.03. The maximum atomic E-state index is 13.7. The van der Waals surface area contributed by atoms with Crippen molar-refractivity contribution < 1.29 is 9.50 Å². The van der Waals surface area contributed by atoms with E-state index in [4.69, 9.17) is 0 Å². The Balaban J connectivity index is 2.03. The van der Waals surface area contributed by atoms with E-state index in [-0.39, 0.29) is 18.0 Å². The van der Waals surface area contributed by atoms with Gasteiger partial charge in [-0.2, -0.15) is 0 Å². The van der Waals surface area contributed by atoms with Gasteiger partial charge in [-0.1, -0.05) is 32.0 Å². The van der Waals surface area contributed by atoms with Crippen molar-refractivity contribution in [2.75, 3.05) is 7.05 Å². The summed E-state index contributed by atoms with van der Waals surface area (Å²) in [6.45, 7) is 5.05. The first-order chi connectivity index (χ1) is 9.49. The summed E-state index contributed by atoms with van der Waals surface area (Å²) in [5.74, 6) is 1.14. The minimum atomic E-state index is -0.290. The SMILES string of the molecule is CC(C)C1CCC(O)C(N(C)Cc2ccccc2F)C1. The van der Waals surface area contributed by atoms with Gasteiger partial charge in [-0.25, -0.2) is 4.39 Å². The van der Waals surface area contributed by atoms with E-state index in [1.54, 1.807) is 6.07 Å². The van der Waals surface area contributed by atoms with E-state index in [2.05, 4.69) is 18.7 Å². The van der Waals surface area contributed by atoms with E-state index in [1.807, 2.05) is 19.2 Å². The lowest BCUT2D eigenvalue weighted by Gasteiger charge is -2.40. The molecule has 3 atom stereocenters. The first kappa shape index (κ1) is 15.5. The molecule has 0 saturated heterocycles. The van der Waals surface area contributed by atoms with E-state index in [9.17, 15) is 9.50 Å². The third-order valence-corrected chi connectivity index (χ3v) is 4.71. The van der Waals surface area contributed by atoms with Gasteiger partial charge in [-0.05, 0) is 44.2 Å². The average molecular weight is 279 g/mol. The Labute approximate surface area is 121 Å². The average Bonchev–Trinajstić information content (AvgIpc) is 2.41. The van der Waals surface area contributed by atoms with Crippen molar-refractivity contribution in [1.82, 2.24) is 4.90 Å². The normalized spacial score (nSPS) is 27.2. The smallest absolute Gasteiger partial charge is 0.127 e. The molecule has 0 aliphatic heterocycles. The Morgan fingerprint density at radius 2 is 2.00 bits per heavy atom. The second-order valence-electron chi connectivity index (χ2n) is 6.46. The van der Waals surface area contributed by atoms with Crippen LogP contribution in [0.1, 0.15) is 38.7 Å². The van der Waals surface area contributed by atoms with Crippen molar-refractivity contribution in [3.8, 4) is 0 Å². The Bertz CT molecular complexity index is 435. The number of aliphatic hydroxyl groups is 1. The van der Waals surface area contributed by atoms with Gasteiger partial charge in [0.15, 0.2) is 0 Å². The molecule has 0 heterocycles. The molecule has 0 spiro atoms. The highest BCUT2D eigenvalue weighted by Crippen LogP contribution is 2.33. The first-order valence-electron chi connectivity index (χ1n) is 7.60. The van der Waals surface area contributed by atoms with Crippen LogP contribution in [0.2, 0.25) is 0 Å². The summed E-state index contributed by atoms with van der Waals surface area (Å²) in [5, 5.41) is 10.3. The van der Waals surface area contributed by atoms with Crippen LogP contribution in [0.15, 0.2) is 24.3 Å². The van der Waals surface area contributed by atoms with Crippen LogP contribution in [0, 0.1) is 17.7 Å². The second kappa shape index (κ2) is 6.68. The molecule has 1 aliphatic rings. The second-order valence-corrected chi connectivity index (χ2v) is 6.46. The topological polar surface area (TPSA) is 23.5 Å². The number of hydrogen-bond acceptors (Lipinski definition) is 2. The number of aliphatic hydroxyl groups excluding tert-OH is 1. The molecule has 1 N–H and O–H groups in total. The largest absolute Gasteiger partial charge is 0.391 e. The molecule has 3 unspecified atom stereocenters. The standard InChI is InChI=1S/C17H26FNO/c1-12(2)13-8-9-17(20)16(10-13)19(3)11-14-6-4-5-7-15(14)18/h4-7,12-13,16-17,20H,8-11H2,1-3H3. The maximum Gasteiger partial charge on any atom is 0.127 e. The number of nitrogens with zero attached hydrogens (tertiary/aromatic N) is 1. The highest BCUT2D eigenvalue weighted by atomic mass is 19.1. The number of likely N-dealkylation sites (N-methyl/N-ethyl adjacent to an activating group) is 1. The summed E-state index contributed by atoms with van der Waals surface area (Å²) in [7, 11) is 1.99. The summed E-state index contributed by atoms with van der Waals surface area (Å²) >= 11 is 0. The molecule has 1 saturated carbocycles. The molecular weight excluding hydrogens is 253 g/mol. The molecule has 1 aromatic rings.